The summed E-state index contributed by atoms with van der Waals surface area (Å²) in [6, 6.07) is 12.6. The number of nitrogens with zero attached hydrogens (tertiary/aromatic N) is 4. The lowest BCUT2D eigenvalue weighted by Gasteiger charge is -2.12. The second kappa shape index (κ2) is 12.3. The Morgan fingerprint density at radius 3 is 2.50 bits per heavy atom. The molecule has 12 heteroatoms. The van der Waals surface area contributed by atoms with Gasteiger partial charge >= 0.3 is 0 Å². The van der Waals surface area contributed by atoms with Gasteiger partial charge in [0, 0.05) is 18.1 Å². The number of non-ortho nitro benzene ring substituents is 1. The van der Waals surface area contributed by atoms with Gasteiger partial charge in [0.15, 0.2) is 11.5 Å². The summed E-state index contributed by atoms with van der Waals surface area (Å²) in [5.41, 5.74) is 0.437. The highest BCUT2D eigenvalue weighted by molar-refractivity contribution is 7.15. The van der Waals surface area contributed by atoms with Crippen molar-refractivity contribution in [3.8, 4) is 23.3 Å². The summed E-state index contributed by atoms with van der Waals surface area (Å²) in [7, 11) is 1.47. The molecule has 0 unspecified atom stereocenters. The smallest absolute Gasteiger partial charge is 0.269 e. The fraction of sp³-hybridized carbons (Fsp3) is 0.250. The quantitative estimate of drug-likeness (QED) is 0.129. The molecule has 3 rings (SSSR count). The summed E-state index contributed by atoms with van der Waals surface area (Å²) in [6.45, 7) is 4.33. The predicted octanol–water partition coefficient (Wildman–Crippen LogP) is 4.58. The maximum atomic E-state index is 12.5. The highest BCUT2D eigenvalue weighted by Crippen LogP contribution is 2.29. The standard InChI is InChI=1S/C24H23N5O6S/c1-15(2)23-27-28-24(36-23)26-22(30)17(14-25)12-16-4-9-20(21(13-16)33-3)35-11-10-34-19-7-5-18(6-8-19)29(31)32/h4-9,12-13,15H,10-11H2,1-3H3,(H,26,28,30)/b17-12-. The number of nitro groups is 1. The number of carbonyl (C=O) groups is 1. The Bertz CT molecular complexity index is 1300. The van der Waals surface area contributed by atoms with Crippen molar-refractivity contribution in [2.45, 2.75) is 19.8 Å². The Hall–Kier alpha value is -4.50. The van der Waals surface area contributed by atoms with E-state index in [1.165, 1.54) is 48.8 Å². The van der Waals surface area contributed by atoms with E-state index in [9.17, 15) is 20.2 Å². The first-order valence-corrected chi connectivity index (χ1v) is 11.6. The van der Waals surface area contributed by atoms with E-state index in [1.807, 2.05) is 19.9 Å². The Balaban J connectivity index is 1.60. The van der Waals surface area contributed by atoms with Crippen LogP contribution in [-0.4, -0.2) is 41.4 Å². The number of anilines is 1. The average molecular weight is 510 g/mol. The Morgan fingerprint density at radius 2 is 1.89 bits per heavy atom. The van der Waals surface area contributed by atoms with Crippen molar-refractivity contribution in [1.29, 1.82) is 5.26 Å². The molecule has 0 atom stereocenters. The van der Waals surface area contributed by atoms with Crippen molar-refractivity contribution in [3.05, 3.63) is 68.7 Å². The van der Waals surface area contributed by atoms with Crippen LogP contribution in [0.1, 0.15) is 30.3 Å². The molecule has 186 valence electrons. The van der Waals surface area contributed by atoms with E-state index >= 15 is 0 Å². The van der Waals surface area contributed by atoms with Crippen LogP contribution in [0.15, 0.2) is 48.0 Å². The van der Waals surface area contributed by atoms with E-state index in [1.54, 1.807) is 18.2 Å². The number of carbonyl (C=O) groups excluding carboxylic acids is 1. The lowest BCUT2D eigenvalue weighted by molar-refractivity contribution is -0.384. The van der Waals surface area contributed by atoms with Gasteiger partial charge in [-0.05, 0) is 35.9 Å². The van der Waals surface area contributed by atoms with Gasteiger partial charge in [0.25, 0.3) is 11.6 Å². The van der Waals surface area contributed by atoms with Crippen LogP contribution in [0.5, 0.6) is 17.2 Å². The number of methoxy groups -OCH3 is 1. The summed E-state index contributed by atoms with van der Waals surface area (Å²) in [5.74, 6) is 0.920. The van der Waals surface area contributed by atoms with Crippen molar-refractivity contribution in [2.75, 3.05) is 25.6 Å². The maximum Gasteiger partial charge on any atom is 0.269 e. The molecule has 1 amide bonds. The first kappa shape index (κ1) is 26.1. The SMILES string of the molecule is COc1cc(/C=C(/C#N)C(=O)Nc2nnc(C(C)C)s2)ccc1OCCOc1ccc([N+](=O)[O-])cc1. The first-order chi connectivity index (χ1) is 17.3. The first-order valence-electron chi connectivity index (χ1n) is 10.8. The summed E-state index contributed by atoms with van der Waals surface area (Å²) < 4.78 is 16.6. The molecule has 3 aromatic rings. The summed E-state index contributed by atoms with van der Waals surface area (Å²) >= 11 is 1.26. The molecule has 0 spiro atoms. The number of nitrogens with one attached hydrogen (secondary N) is 1. The Labute approximate surface area is 211 Å². The molecule has 0 aliphatic rings. The van der Waals surface area contributed by atoms with Crippen LogP contribution in [-0.2, 0) is 4.79 Å². The third-order valence-electron chi connectivity index (χ3n) is 4.68. The molecule has 1 aromatic heterocycles. The number of amides is 1. The lowest BCUT2D eigenvalue weighted by atomic mass is 10.1. The molecule has 0 aliphatic heterocycles. The van der Waals surface area contributed by atoms with Crippen molar-refractivity contribution in [3.63, 3.8) is 0 Å². The predicted molar refractivity (Wildman–Crippen MR) is 133 cm³/mol. The van der Waals surface area contributed by atoms with E-state index < -0.39 is 10.8 Å². The van der Waals surface area contributed by atoms with E-state index in [0.717, 1.165) is 5.01 Å². The fourth-order valence-corrected chi connectivity index (χ4v) is 3.61. The molecular weight excluding hydrogens is 486 g/mol. The van der Waals surface area contributed by atoms with E-state index in [2.05, 4.69) is 15.5 Å². The van der Waals surface area contributed by atoms with Crippen molar-refractivity contribution >= 4 is 34.1 Å². The summed E-state index contributed by atoms with van der Waals surface area (Å²) in [6.07, 6.45) is 1.43. The minimum Gasteiger partial charge on any atom is -0.493 e. The highest BCUT2D eigenvalue weighted by Gasteiger charge is 2.15. The maximum absolute atomic E-state index is 12.5. The van der Waals surface area contributed by atoms with Gasteiger partial charge in [-0.3, -0.25) is 20.2 Å². The third-order valence-corrected chi connectivity index (χ3v) is 5.82. The van der Waals surface area contributed by atoms with Gasteiger partial charge in [-0.15, -0.1) is 10.2 Å². The van der Waals surface area contributed by atoms with E-state index in [-0.39, 0.29) is 30.4 Å². The van der Waals surface area contributed by atoms with Crippen LogP contribution in [0, 0.1) is 21.4 Å². The molecule has 2 aromatic carbocycles. The number of hydrogen-bond donors (Lipinski definition) is 1. The van der Waals surface area contributed by atoms with Gasteiger partial charge in [-0.25, -0.2) is 0 Å². The number of aromatic nitrogens is 2. The van der Waals surface area contributed by atoms with Gasteiger partial charge in [0.2, 0.25) is 5.13 Å². The molecule has 0 aliphatic carbocycles. The second-order valence-corrected chi connectivity index (χ2v) is 8.59. The molecular formula is C24H23N5O6S. The lowest BCUT2D eigenvalue weighted by Crippen LogP contribution is -2.13. The number of hydrogen-bond acceptors (Lipinski definition) is 10. The molecule has 0 saturated heterocycles. The largest absolute Gasteiger partial charge is 0.493 e. The van der Waals surface area contributed by atoms with Crippen molar-refractivity contribution < 1.29 is 23.9 Å². The third kappa shape index (κ3) is 7.00. The van der Waals surface area contributed by atoms with E-state index in [0.29, 0.717) is 27.9 Å². The number of benzene rings is 2. The molecule has 0 fully saturated rings. The van der Waals surface area contributed by atoms with Crippen LogP contribution in [0.3, 0.4) is 0 Å². The minimum absolute atomic E-state index is 0.0185. The van der Waals surface area contributed by atoms with Crippen LogP contribution in [0.25, 0.3) is 6.08 Å². The van der Waals surface area contributed by atoms with Gasteiger partial charge in [0.1, 0.15) is 35.6 Å². The number of nitro benzene ring substituents is 1. The van der Waals surface area contributed by atoms with Gasteiger partial charge < -0.3 is 14.2 Å². The van der Waals surface area contributed by atoms with Crippen molar-refractivity contribution in [1.82, 2.24) is 10.2 Å². The zero-order valence-corrected chi connectivity index (χ0v) is 20.6. The van der Waals surface area contributed by atoms with Gasteiger partial charge in [-0.2, -0.15) is 5.26 Å². The van der Waals surface area contributed by atoms with E-state index in [4.69, 9.17) is 14.2 Å². The highest BCUT2D eigenvalue weighted by atomic mass is 32.1. The van der Waals surface area contributed by atoms with Gasteiger partial charge in [-0.1, -0.05) is 31.3 Å². The fourth-order valence-electron chi connectivity index (χ4n) is 2.87. The topological polar surface area (TPSA) is 150 Å². The summed E-state index contributed by atoms with van der Waals surface area (Å²) in [4.78, 5) is 22.8. The second-order valence-electron chi connectivity index (χ2n) is 7.58. The molecule has 0 bridgehead atoms. The molecule has 11 nitrogen and oxygen atoms in total. The molecule has 0 saturated carbocycles. The molecule has 36 heavy (non-hydrogen) atoms. The molecule has 1 heterocycles. The monoisotopic (exact) mass is 509 g/mol. The van der Waals surface area contributed by atoms with Crippen LogP contribution in [0.4, 0.5) is 10.8 Å². The zero-order chi connectivity index (χ0) is 26.1. The minimum atomic E-state index is -0.591. The van der Waals surface area contributed by atoms with Crippen LogP contribution in [0.2, 0.25) is 0 Å². The summed E-state index contributed by atoms with van der Waals surface area (Å²) in [5, 5.41) is 31.8. The molecule has 0 radical (unpaired) electrons. The number of ether oxygens (including phenoxy) is 3. The average Bonchev–Trinajstić information content (AvgIpc) is 3.34. The van der Waals surface area contributed by atoms with Gasteiger partial charge in [0.05, 0.1) is 12.0 Å². The van der Waals surface area contributed by atoms with Crippen LogP contribution >= 0.6 is 11.3 Å². The number of rotatable bonds is 11. The Morgan fingerprint density at radius 1 is 1.17 bits per heavy atom. The molecule has 1 N–H and O–H groups in total. The number of nitriles is 1. The normalized spacial score (nSPS) is 11.0. The Kier molecular flexibility index (Phi) is 8.90. The van der Waals surface area contributed by atoms with Crippen LogP contribution < -0.4 is 19.5 Å². The zero-order valence-electron chi connectivity index (χ0n) is 19.8. The van der Waals surface area contributed by atoms with Crippen molar-refractivity contribution in [2.24, 2.45) is 0 Å².